The molecule has 2 fully saturated rings. The van der Waals surface area contributed by atoms with Crippen molar-refractivity contribution >= 4 is 17.4 Å². The number of halogens is 2. The maximum absolute atomic E-state index is 13.9. The summed E-state index contributed by atoms with van der Waals surface area (Å²) in [4.78, 5) is 6.23. The standard InChI is InChI=1S/C14H19ClFN3/c15-11-7-12(16)14(18-8-11)19-6-2-3-10(9-19)13-4-1-5-17-13/h7-8,10,13,17H,1-6,9H2. The normalized spacial score (nSPS) is 27.8. The van der Waals surface area contributed by atoms with Gasteiger partial charge in [0.2, 0.25) is 0 Å². The molecule has 0 aliphatic carbocycles. The van der Waals surface area contributed by atoms with Gasteiger partial charge in [0, 0.05) is 25.3 Å². The van der Waals surface area contributed by atoms with E-state index in [2.05, 4.69) is 15.2 Å². The Kier molecular flexibility index (Phi) is 3.89. The van der Waals surface area contributed by atoms with Crippen LogP contribution in [0.15, 0.2) is 12.3 Å². The van der Waals surface area contributed by atoms with E-state index in [9.17, 15) is 4.39 Å². The van der Waals surface area contributed by atoms with Gasteiger partial charge in [-0.25, -0.2) is 9.37 Å². The molecule has 5 heteroatoms. The minimum absolute atomic E-state index is 0.312. The van der Waals surface area contributed by atoms with E-state index in [1.165, 1.54) is 31.5 Å². The van der Waals surface area contributed by atoms with Crippen molar-refractivity contribution in [3.63, 3.8) is 0 Å². The Labute approximate surface area is 118 Å². The summed E-state index contributed by atoms with van der Waals surface area (Å²) in [6.07, 6.45) is 6.36. The van der Waals surface area contributed by atoms with Gasteiger partial charge in [-0.1, -0.05) is 11.6 Å². The topological polar surface area (TPSA) is 28.2 Å². The summed E-state index contributed by atoms with van der Waals surface area (Å²) >= 11 is 5.76. The third-order valence-electron chi connectivity index (χ3n) is 4.21. The molecule has 104 valence electrons. The van der Waals surface area contributed by atoms with Crippen LogP contribution in [-0.4, -0.2) is 30.7 Å². The molecule has 3 nitrogen and oxygen atoms in total. The minimum Gasteiger partial charge on any atom is -0.354 e. The Balaban J connectivity index is 1.73. The monoisotopic (exact) mass is 283 g/mol. The first-order valence-electron chi connectivity index (χ1n) is 7.03. The highest BCUT2D eigenvalue weighted by atomic mass is 35.5. The average Bonchev–Trinajstić information content (AvgIpc) is 2.93. The van der Waals surface area contributed by atoms with Gasteiger partial charge in [-0.15, -0.1) is 0 Å². The lowest BCUT2D eigenvalue weighted by Gasteiger charge is -2.36. The second-order valence-corrected chi connectivity index (χ2v) is 5.95. The summed E-state index contributed by atoms with van der Waals surface area (Å²) in [7, 11) is 0. The molecule has 0 bridgehead atoms. The van der Waals surface area contributed by atoms with E-state index in [1.54, 1.807) is 0 Å². The van der Waals surface area contributed by atoms with Gasteiger partial charge in [-0.3, -0.25) is 0 Å². The molecule has 0 amide bonds. The van der Waals surface area contributed by atoms with E-state index >= 15 is 0 Å². The van der Waals surface area contributed by atoms with Crippen LogP contribution in [0.5, 0.6) is 0 Å². The summed E-state index contributed by atoms with van der Waals surface area (Å²) in [5, 5.41) is 3.91. The van der Waals surface area contributed by atoms with Crippen LogP contribution in [0.4, 0.5) is 10.2 Å². The highest BCUT2D eigenvalue weighted by Crippen LogP contribution is 2.29. The number of piperidine rings is 1. The third kappa shape index (κ3) is 2.84. The van der Waals surface area contributed by atoms with Crippen LogP contribution in [0.25, 0.3) is 0 Å². The van der Waals surface area contributed by atoms with Crippen molar-refractivity contribution in [2.45, 2.75) is 31.7 Å². The summed E-state index contributed by atoms with van der Waals surface area (Å²) in [5.74, 6) is 0.743. The van der Waals surface area contributed by atoms with E-state index in [0.29, 0.717) is 22.8 Å². The minimum atomic E-state index is -0.312. The van der Waals surface area contributed by atoms with Crippen LogP contribution in [0.1, 0.15) is 25.7 Å². The van der Waals surface area contributed by atoms with Gasteiger partial charge in [-0.2, -0.15) is 0 Å². The Bertz CT molecular complexity index is 448. The molecule has 1 aromatic rings. The van der Waals surface area contributed by atoms with Crippen LogP contribution in [0, 0.1) is 11.7 Å². The first kappa shape index (κ1) is 13.1. The fourth-order valence-electron chi connectivity index (χ4n) is 3.28. The van der Waals surface area contributed by atoms with Crippen molar-refractivity contribution in [2.75, 3.05) is 24.5 Å². The molecule has 2 saturated heterocycles. The highest BCUT2D eigenvalue weighted by Gasteiger charge is 2.30. The summed E-state index contributed by atoms with van der Waals surface area (Å²) in [5.41, 5.74) is 0. The molecule has 0 radical (unpaired) electrons. The molecule has 19 heavy (non-hydrogen) atoms. The van der Waals surface area contributed by atoms with Gasteiger partial charge in [0.1, 0.15) is 0 Å². The molecule has 2 atom stereocenters. The van der Waals surface area contributed by atoms with Crippen molar-refractivity contribution < 1.29 is 4.39 Å². The SMILES string of the molecule is Fc1cc(Cl)cnc1N1CCCC(C2CCCN2)C1. The number of nitrogens with one attached hydrogen (secondary N) is 1. The zero-order chi connectivity index (χ0) is 13.2. The predicted octanol–water partition coefficient (Wildman–Crippen LogP) is 2.84. The lowest BCUT2D eigenvalue weighted by atomic mass is 9.90. The molecule has 2 aliphatic rings. The smallest absolute Gasteiger partial charge is 0.167 e. The van der Waals surface area contributed by atoms with E-state index in [4.69, 9.17) is 11.6 Å². The Morgan fingerprint density at radius 2 is 2.26 bits per heavy atom. The van der Waals surface area contributed by atoms with Crippen molar-refractivity contribution in [1.29, 1.82) is 0 Å². The first-order valence-corrected chi connectivity index (χ1v) is 7.41. The van der Waals surface area contributed by atoms with Crippen LogP contribution in [0.2, 0.25) is 5.02 Å². The molecule has 0 spiro atoms. The molecule has 1 aromatic heterocycles. The van der Waals surface area contributed by atoms with Crippen LogP contribution in [-0.2, 0) is 0 Å². The molecule has 3 rings (SSSR count). The van der Waals surface area contributed by atoms with Gasteiger partial charge >= 0.3 is 0 Å². The molecule has 2 aliphatic heterocycles. The molecule has 1 N–H and O–H groups in total. The number of nitrogens with zero attached hydrogens (tertiary/aromatic N) is 2. The average molecular weight is 284 g/mol. The quantitative estimate of drug-likeness (QED) is 0.905. The van der Waals surface area contributed by atoms with Gasteiger partial charge in [0.05, 0.1) is 5.02 Å². The van der Waals surface area contributed by atoms with E-state index < -0.39 is 0 Å². The number of aromatic nitrogens is 1. The van der Waals surface area contributed by atoms with E-state index in [0.717, 1.165) is 26.1 Å². The van der Waals surface area contributed by atoms with Crippen LogP contribution < -0.4 is 10.2 Å². The molecule has 2 unspecified atom stereocenters. The number of anilines is 1. The Hall–Kier alpha value is -0.870. The summed E-state index contributed by atoms with van der Waals surface area (Å²) < 4.78 is 13.9. The van der Waals surface area contributed by atoms with Crippen LogP contribution in [0.3, 0.4) is 0 Å². The lowest BCUT2D eigenvalue weighted by molar-refractivity contribution is 0.326. The number of hydrogen-bond donors (Lipinski definition) is 1. The zero-order valence-electron chi connectivity index (χ0n) is 10.9. The van der Waals surface area contributed by atoms with Gasteiger partial charge < -0.3 is 10.2 Å². The summed E-state index contributed by atoms with van der Waals surface area (Å²) in [6, 6.07) is 1.94. The van der Waals surface area contributed by atoms with Crippen molar-refractivity contribution in [2.24, 2.45) is 5.92 Å². The molecule has 0 saturated carbocycles. The molecule has 0 aromatic carbocycles. The largest absolute Gasteiger partial charge is 0.354 e. The van der Waals surface area contributed by atoms with Crippen molar-refractivity contribution in [3.05, 3.63) is 23.1 Å². The number of pyridine rings is 1. The molecular formula is C14H19ClFN3. The number of rotatable bonds is 2. The van der Waals surface area contributed by atoms with E-state index in [-0.39, 0.29) is 5.82 Å². The first-order chi connectivity index (χ1) is 9.24. The van der Waals surface area contributed by atoms with Gasteiger partial charge in [0.25, 0.3) is 0 Å². The van der Waals surface area contributed by atoms with Gasteiger partial charge in [-0.05, 0) is 44.2 Å². The van der Waals surface area contributed by atoms with E-state index in [1.807, 2.05) is 0 Å². The zero-order valence-corrected chi connectivity index (χ0v) is 11.7. The predicted molar refractivity (Wildman–Crippen MR) is 75.2 cm³/mol. The lowest BCUT2D eigenvalue weighted by Crippen LogP contribution is -2.44. The molecular weight excluding hydrogens is 265 g/mol. The number of hydrogen-bond acceptors (Lipinski definition) is 3. The fourth-order valence-corrected chi connectivity index (χ4v) is 3.43. The van der Waals surface area contributed by atoms with Crippen molar-refractivity contribution in [3.8, 4) is 0 Å². The second-order valence-electron chi connectivity index (χ2n) is 5.51. The Morgan fingerprint density at radius 1 is 1.37 bits per heavy atom. The summed E-state index contributed by atoms with van der Waals surface area (Å²) in [6.45, 7) is 2.90. The third-order valence-corrected chi connectivity index (χ3v) is 4.42. The highest BCUT2D eigenvalue weighted by molar-refractivity contribution is 6.30. The maximum atomic E-state index is 13.9. The molecule has 3 heterocycles. The second kappa shape index (κ2) is 5.63. The van der Waals surface area contributed by atoms with Gasteiger partial charge in [0.15, 0.2) is 11.6 Å². The van der Waals surface area contributed by atoms with Crippen molar-refractivity contribution in [1.82, 2.24) is 10.3 Å². The Morgan fingerprint density at radius 3 is 3.00 bits per heavy atom. The van der Waals surface area contributed by atoms with Crippen LogP contribution >= 0.6 is 11.6 Å². The maximum Gasteiger partial charge on any atom is 0.167 e. The fraction of sp³-hybridized carbons (Fsp3) is 0.643.